The third-order valence-electron chi connectivity index (χ3n) is 5.37. The average Bonchev–Trinajstić information content (AvgIpc) is 2.78. The number of benzene rings is 2. The van der Waals surface area contributed by atoms with Gasteiger partial charge in [0.15, 0.2) is 5.75 Å². The Bertz CT molecular complexity index is 1030. The van der Waals surface area contributed by atoms with Crippen LogP contribution in [0.1, 0.15) is 57.9 Å². The van der Waals surface area contributed by atoms with Crippen LogP contribution >= 0.6 is 0 Å². The first-order valence-corrected chi connectivity index (χ1v) is 11.3. The molecular weight excluding hydrogens is 390 g/mol. The molecule has 1 N–H and O–H groups in total. The van der Waals surface area contributed by atoms with Gasteiger partial charge in [-0.3, -0.25) is 4.79 Å². The van der Waals surface area contributed by atoms with Crippen LogP contribution in [0.25, 0.3) is 10.9 Å². The number of hydrogen-bond acceptors (Lipinski definition) is 4. The van der Waals surface area contributed by atoms with Gasteiger partial charge in [0.05, 0.1) is 12.1 Å². The van der Waals surface area contributed by atoms with Crippen molar-refractivity contribution in [2.24, 2.45) is 0 Å². The third-order valence-corrected chi connectivity index (χ3v) is 5.37. The maximum atomic E-state index is 13.5. The second-order valence-electron chi connectivity index (χ2n) is 7.85. The van der Waals surface area contributed by atoms with Crippen molar-refractivity contribution in [1.82, 2.24) is 4.57 Å². The Balaban J connectivity index is 2.05. The summed E-state index contributed by atoms with van der Waals surface area (Å²) in [5, 5.41) is 10.9. The van der Waals surface area contributed by atoms with Crippen molar-refractivity contribution in [2.75, 3.05) is 6.61 Å². The molecule has 3 rings (SSSR count). The van der Waals surface area contributed by atoms with Gasteiger partial charge in [-0.25, -0.2) is 0 Å². The second-order valence-corrected chi connectivity index (χ2v) is 7.85. The zero-order chi connectivity index (χ0) is 22.1. The number of rotatable bonds is 12. The largest absolute Gasteiger partial charge is 0.508 e. The molecule has 0 radical (unpaired) electrons. The second kappa shape index (κ2) is 11.4. The summed E-state index contributed by atoms with van der Waals surface area (Å²) < 4.78 is 13.9. The van der Waals surface area contributed by atoms with E-state index in [1.54, 1.807) is 16.7 Å². The van der Waals surface area contributed by atoms with Crippen LogP contribution in [0.15, 0.2) is 53.3 Å². The van der Waals surface area contributed by atoms with Gasteiger partial charge in [0.25, 0.3) is 5.56 Å². The predicted molar refractivity (Wildman–Crippen MR) is 125 cm³/mol. The van der Waals surface area contributed by atoms with Gasteiger partial charge in [0.1, 0.15) is 12.4 Å². The zero-order valence-corrected chi connectivity index (χ0v) is 18.6. The highest BCUT2D eigenvalue weighted by atomic mass is 16.5. The van der Waals surface area contributed by atoms with Crippen LogP contribution in [-0.2, 0) is 13.2 Å². The fourth-order valence-electron chi connectivity index (χ4n) is 3.62. The SMILES string of the molecule is CCCCCCn1c(=O)c(OCc2ccccc2)c(OCCCC)c2ccc(O)cc21. The van der Waals surface area contributed by atoms with E-state index in [1.165, 1.54) is 0 Å². The molecule has 0 fully saturated rings. The molecule has 0 spiro atoms. The van der Waals surface area contributed by atoms with Crippen molar-refractivity contribution in [3.8, 4) is 17.2 Å². The number of nitrogens with zero attached hydrogens (tertiary/aromatic N) is 1. The number of aryl methyl sites for hydroxylation is 1. The molecule has 0 aliphatic heterocycles. The van der Waals surface area contributed by atoms with Gasteiger partial charge in [-0.2, -0.15) is 0 Å². The van der Waals surface area contributed by atoms with Crippen molar-refractivity contribution >= 4 is 10.9 Å². The van der Waals surface area contributed by atoms with E-state index < -0.39 is 0 Å². The zero-order valence-electron chi connectivity index (χ0n) is 18.6. The number of aromatic nitrogens is 1. The van der Waals surface area contributed by atoms with E-state index in [-0.39, 0.29) is 17.1 Å². The van der Waals surface area contributed by atoms with Gasteiger partial charge in [0, 0.05) is 18.0 Å². The lowest BCUT2D eigenvalue weighted by atomic mass is 10.1. The summed E-state index contributed by atoms with van der Waals surface area (Å²) in [6, 6.07) is 14.9. The minimum Gasteiger partial charge on any atom is -0.508 e. The quantitative estimate of drug-likeness (QED) is 0.361. The van der Waals surface area contributed by atoms with E-state index in [4.69, 9.17) is 9.47 Å². The van der Waals surface area contributed by atoms with E-state index in [0.717, 1.165) is 49.5 Å². The van der Waals surface area contributed by atoms with E-state index in [0.29, 0.717) is 31.0 Å². The monoisotopic (exact) mass is 423 g/mol. The van der Waals surface area contributed by atoms with Gasteiger partial charge >= 0.3 is 0 Å². The van der Waals surface area contributed by atoms with Crippen LogP contribution in [-0.4, -0.2) is 16.3 Å². The van der Waals surface area contributed by atoms with Gasteiger partial charge in [-0.15, -0.1) is 0 Å². The Labute approximate surface area is 184 Å². The molecule has 0 aliphatic carbocycles. The van der Waals surface area contributed by atoms with E-state index >= 15 is 0 Å². The fraction of sp³-hybridized carbons (Fsp3) is 0.423. The molecule has 1 aromatic heterocycles. The standard InChI is InChI=1S/C26H33NO4/c1-3-5-7-11-16-27-23-18-21(28)14-15-22(23)24(30-17-6-4-2)25(26(27)29)31-19-20-12-9-8-10-13-20/h8-10,12-15,18,28H,3-7,11,16-17,19H2,1-2H3. The van der Waals surface area contributed by atoms with Crippen molar-refractivity contribution in [3.63, 3.8) is 0 Å². The lowest BCUT2D eigenvalue weighted by Gasteiger charge is -2.19. The smallest absolute Gasteiger partial charge is 0.297 e. The highest BCUT2D eigenvalue weighted by Crippen LogP contribution is 2.35. The molecule has 0 bridgehead atoms. The lowest BCUT2D eigenvalue weighted by Crippen LogP contribution is -2.24. The topological polar surface area (TPSA) is 60.7 Å². The van der Waals surface area contributed by atoms with E-state index in [1.807, 2.05) is 36.4 Å². The van der Waals surface area contributed by atoms with Gasteiger partial charge < -0.3 is 19.1 Å². The first kappa shape index (κ1) is 22.7. The Morgan fingerprint density at radius 2 is 1.65 bits per heavy atom. The average molecular weight is 424 g/mol. The Morgan fingerprint density at radius 1 is 0.871 bits per heavy atom. The summed E-state index contributed by atoms with van der Waals surface area (Å²) in [6.07, 6.45) is 6.09. The summed E-state index contributed by atoms with van der Waals surface area (Å²) in [5.74, 6) is 0.842. The predicted octanol–water partition coefficient (Wildman–Crippen LogP) is 6.05. The number of unbranched alkanes of at least 4 members (excludes halogenated alkanes) is 4. The van der Waals surface area contributed by atoms with Crippen LogP contribution in [0.4, 0.5) is 0 Å². The molecule has 0 amide bonds. The van der Waals surface area contributed by atoms with Crippen molar-refractivity contribution in [3.05, 3.63) is 64.4 Å². The molecule has 2 aromatic carbocycles. The summed E-state index contributed by atoms with van der Waals surface area (Å²) in [4.78, 5) is 13.5. The Kier molecular flexibility index (Phi) is 8.39. The van der Waals surface area contributed by atoms with Crippen LogP contribution < -0.4 is 15.0 Å². The number of aromatic hydroxyl groups is 1. The van der Waals surface area contributed by atoms with Gasteiger partial charge in [-0.1, -0.05) is 69.9 Å². The number of phenolic OH excluding ortho intramolecular Hbond substituents is 1. The van der Waals surface area contributed by atoms with Gasteiger partial charge in [0.2, 0.25) is 5.75 Å². The molecule has 0 aliphatic rings. The highest BCUT2D eigenvalue weighted by Gasteiger charge is 2.20. The molecule has 166 valence electrons. The lowest BCUT2D eigenvalue weighted by molar-refractivity contribution is 0.256. The molecule has 31 heavy (non-hydrogen) atoms. The molecule has 0 saturated heterocycles. The van der Waals surface area contributed by atoms with Crippen LogP contribution in [0, 0.1) is 0 Å². The molecular formula is C26H33NO4. The molecule has 0 saturated carbocycles. The van der Waals surface area contributed by atoms with Crippen LogP contribution in [0.5, 0.6) is 17.2 Å². The van der Waals surface area contributed by atoms with Gasteiger partial charge in [-0.05, 0) is 30.5 Å². The van der Waals surface area contributed by atoms with Crippen LogP contribution in [0.2, 0.25) is 0 Å². The molecule has 0 atom stereocenters. The molecule has 3 aromatic rings. The number of pyridine rings is 1. The molecule has 1 heterocycles. The van der Waals surface area contributed by atoms with Crippen LogP contribution in [0.3, 0.4) is 0 Å². The first-order chi connectivity index (χ1) is 15.2. The number of ether oxygens (including phenoxy) is 2. The normalized spacial score (nSPS) is 11.0. The number of fused-ring (bicyclic) bond motifs is 1. The maximum absolute atomic E-state index is 13.5. The van der Waals surface area contributed by atoms with E-state index in [2.05, 4.69) is 13.8 Å². The van der Waals surface area contributed by atoms with E-state index in [9.17, 15) is 9.90 Å². The minimum absolute atomic E-state index is 0.131. The van der Waals surface area contributed by atoms with Crippen molar-refractivity contribution in [1.29, 1.82) is 0 Å². The summed E-state index contributed by atoms with van der Waals surface area (Å²) in [5.41, 5.74) is 1.46. The minimum atomic E-state index is -0.211. The molecule has 5 nitrogen and oxygen atoms in total. The number of hydrogen-bond donors (Lipinski definition) is 1. The number of phenols is 1. The summed E-state index contributed by atoms with van der Waals surface area (Å²) >= 11 is 0. The summed E-state index contributed by atoms with van der Waals surface area (Å²) in [6.45, 7) is 5.64. The maximum Gasteiger partial charge on any atom is 0.297 e. The van der Waals surface area contributed by atoms with Crippen molar-refractivity contribution < 1.29 is 14.6 Å². The summed E-state index contributed by atoms with van der Waals surface area (Å²) in [7, 11) is 0. The Morgan fingerprint density at radius 3 is 2.39 bits per heavy atom. The third kappa shape index (κ3) is 5.81. The molecule has 5 heteroatoms. The fourth-order valence-corrected chi connectivity index (χ4v) is 3.62. The molecule has 0 unspecified atom stereocenters. The first-order valence-electron chi connectivity index (χ1n) is 11.3. The highest BCUT2D eigenvalue weighted by molar-refractivity contribution is 5.89. The van der Waals surface area contributed by atoms with Crippen molar-refractivity contribution in [2.45, 2.75) is 65.5 Å². The Hall–Kier alpha value is -2.95.